The van der Waals surface area contributed by atoms with Crippen molar-refractivity contribution in [3.05, 3.63) is 158 Å². The fourth-order valence-electron chi connectivity index (χ4n) is 5.18. The smallest absolute Gasteiger partial charge is 0.156 e. The fraction of sp³-hybridized carbons (Fsp3) is 0. The Morgan fingerprint density at radius 3 is 1.40 bits per heavy atom. The summed E-state index contributed by atoms with van der Waals surface area (Å²) >= 11 is 0. The zero-order valence-electron chi connectivity index (χ0n) is 19.5. The van der Waals surface area contributed by atoms with Crippen LogP contribution in [0, 0.1) is 0 Å². The van der Waals surface area contributed by atoms with E-state index in [0.717, 1.165) is 0 Å². The number of fused-ring (bicyclic) bond motifs is 1. The molecule has 0 amide bonds. The van der Waals surface area contributed by atoms with E-state index in [2.05, 4.69) is 158 Å². The number of nitrogens with zero attached hydrogens (tertiary/aromatic N) is 1. The van der Waals surface area contributed by atoms with E-state index in [1.807, 2.05) is 0 Å². The van der Waals surface area contributed by atoms with Crippen molar-refractivity contribution in [3.63, 3.8) is 0 Å². The minimum atomic E-state index is 0.498. The summed E-state index contributed by atoms with van der Waals surface area (Å²) in [7, 11) is 0. The van der Waals surface area contributed by atoms with Crippen LogP contribution in [0.4, 0.5) is 22.7 Å². The average Bonchev–Trinajstić information content (AvgIpc) is 2.96. The minimum absolute atomic E-state index is 0.498. The topological polar surface area (TPSA) is 0 Å². The molecule has 0 aliphatic carbocycles. The lowest BCUT2D eigenvalue weighted by atomic mass is 9.99. The average molecular weight is 449 g/mol. The van der Waals surface area contributed by atoms with Crippen molar-refractivity contribution < 1.29 is 0 Å². The van der Waals surface area contributed by atoms with Crippen molar-refractivity contribution in [3.8, 4) is 11.1 Å². The third-order valence-corrected chi connectivity index (χ3v) is 6.78. The van der Waals surface area contributed by atoms with Crippen molar-refractivity contribution in [2.24, 2.45) is 0 Å². The van der Waals surface area contributed by atoms with Crippen LogP contribution >= 0.6 is 0 Å². The number of rotatable bonds is 5. The van der Waals surface area contributed by atoms with Crippen molar-refractivity contribution in [1.82, 2.24) is 4.48 Å². The Hall–Kier alpha value is -4.46. The number of para-hydroxylation sites is 2. The second-order valence-electron chi connectivity index (χ2n) is 8.75. The maximum Gasteiger partial charge on any atom is 0.156 e. The zero-order chi connectivity index (χ0) is 23.5. The molecule has 6 rings (SSSR count). The Kier molecular flexibility index (Phi) is 5.46. The van der Waals surface area contributed by atoms with Crippen LogP contribution in [0.1, 0.15) is 0 Å². The predicted molar refractivity (Wildman–Crippen MR) is 149 cm³/mol. The molecule has 1 heteroatoms. The molecule has 0 heterocycles. The monoisotopic (exact) mass is 448 g/mol. The molecule has 1 nitrogen and oxygen atoms in total. The highest BCUT2D eigenvalue weighted by molar-refractivity contribution is 5.99. The van der Waals surface area contributed by atoms with Gasteiger partial charge in [-0.05, 0) is 34.7 Å². The second-order valence-corrected chi connectivity index (χ2v) is 8.75. The lowest BCUT2D eigenvalue weighted by Crippen LogP contribution is -2.33. The first-order valence-electron chi connectivity index (χ1n) is 12.0. The van der Waals surface area contributed by atoms with E-state index >= 15 is 0 Å². The van der Waals surface area contributed by atoms with Crippen LogP contribution in [0.5, 0.6) is 0 Å². The summed E-state index contributed by atoms with van der Waals surface area (Å²) in [6.07, 6.45) is 0. The first-order valence-corrected chi connectivity index (χ1v) is 12.0. The fourth-order valence-corrected chi connectivity index (χ4v) is 5.18. The number of hydrogen-bond acceptors (Lipinski definition) is 0. The summed E-state index contributed by atoms with van der Waals surface area (Å²) in [5, 5.41) is 2.48. The molecule has 35 heavy (non-hydrogen) atoms. The number of quaternary nitrogens is 1. The molecule has 0 radical (unpaired) electrons. The van der Waals surface area contributed by atoms with Gasteiger partial charge in [0.2, 0.25) is 0 Å². The Morgan fingerprint density at radius 2 is 0.771 bits per heavy atom. The summed E-state index contributed by atoms with van der Waals surface area (Å²) in [4.78, 5) is 0. The van der Waals surface area contributed by atoms with Crippen LogP contribution < -0.4 is 4.48 Å². The standard InChI is InChI=1S/C34H26N/c1-4-13-27(14-5-1)28-23-25-32(26-24-28)35(30-17-6-2-7-18-30,31-19-8-3-9-20-31)34-22-12-16-29-15-10-11-21-33(29)34/h1-26H/q+1. The van der Waals surface area contributed by atoms with Gasteiger partial charge in [0.1, 0.15) is 17.1 Å². The molecule has 0 saturated heterocycles. The highest BCUT2D eigenvalue weighted by Gasteiger charge is 2.40. The number of hydrogen-bond donors (Lipinski definition) is 0. The van der Waals surface area contributed by atoms with E-state index < -0.39 is 0 Å². The maximum atomic E-state index is 2.28. The van der Waals surface area contributed by atoms with Gasteiger partial charge in [-0.3, -0.25) is 0 Å². The van der Waals surface area contributed by atoms with Gasteiger partial charge in [0.15, 0.2) is 5.69 Å². The Bertz CT molecular complexity index is 1510. The summed E-state index contributed by atoms with van der Waals surface area (Å²) < 4.78 is 0.498. The van der Waals surface area contributed by atoms with Crippen LogP contribution in [0.2, 0.25) is 0 Å². The molecular weight excluding hydrogens is 422 g/mol. The highest BCUT2D eigenvalue weighted by Crippen LogP contribution is 2.53. The van der Waals surface area contributed by atoms with Gasteiger partial charge < -0.3 is 0 Å². The molecule has 6 aromatic carbocycles. The summed E-state index contributed by atoms with van der Waals surface area (Å²) in [5.74, 6) is 0. The minimum Gasteiger partial charge on any atom is -0.194 e. The molecule has 0 spiro atoms. The SMILES string of the molecule is c1ccc(-c2ccc([N+](c3ccccc3)(c3ccccc3)c3cccc4ccccc34)cc2)cc1. The van der Waals surface area contributed by atoms with E-state index in [4.69, 9.17) is 0 Å². The van der Waals surface area contributed by atoms with Gasteiger partial charge in [0, 0.05) is 47.9 Å². The largest absolute Gasteiger partial charge is 0.194 e. The molecule has 0 aliphatic heterocycles. The highest BCUT2D eigenvalue weighted by atomic mass is 15.4. The normalized spacial score (nSPS) is 11.4. The summed E-state index contributed by atoms with van der Waals surface area (Å²) in [6.45, 7) is 0. The van der Waals surface area contributed by atoms with Crippen molar-refractivity contribution in [2.75, 3.05) is 0 Å². The lowest BCUT2D eigenvalue weighted by Gasteiger charge is -2.37. The summed E-state index contributed by atoms with van der Waals surface area (Å²) in [6, 6.07) is 56.6. The van der Waals surface area contributed by atoms with Gasteiger partial charge in [-0.1, -0.05) is 97.1 Å². The molecule has 166 valence electrons. The van der Waals surface area contributed by atoms with Gasteiger partial charge in [-0.15, -0.1) is 0 Å². The van der Waals surface area contributed by atoms with Gasteiger partial charge in [0.05, 0.1) is 0 Å². The molecule has 6 aromatic rings. The van der Waals surface area contributed by atoms with E-state index in [9.17, 15) is 0 Å². The molecule has 0 aliphatic rings. The van der Waals surface area contributed by atoms with E-state index in [0.29, 0.717) is 4.48 Å². The van der Waals surface area contributed by atoms with Crippen molar-refractivity contribution in [1.29, 1.82) is 0 Å². The number of benzene rings is 6. The lowest BCUT2D eigenvalue weighted by molar-refractivity contribution is 0.709. The van der Waals surface area contributed by atoms with Crippen LogP contribution in [0.15, 0.2) is 158 Å². The van der Waals surface area contributed by atoms with E-state index in [-0.39, 0.29) is 0 Å². The third kappa shape index (κ3) is 3.63. The van der Waals surface area contributed by atoms with Gasteiger partial charge in [0.25, 0.3) is 0 Å². The molecule has 0 fully saturated rings. The van der Waals surface area contributed by atoms with Crippen LogP contribution in [0.25, 0.3) is 21.9 Å². The van der Waals surface area contributed by atoms with Crippen LogP contribution in [-0.4, -0.2) is 0 Å². The van der Waals surface area contributed by atoms with Crippen molar-refractivity contribution in [2.45, 2.75) is 0 Å². The van der Waals surface area contributed by atoms with Gasteiger partial charge >= 0.3 is 0 Å². The molecule has 0 N–H and O–H groups in total. The van der Waals surface area contributed by atoms with Gasteiger partial charge in [-0.2, -0.15) is 4.48 Å². The second kappa shape index (κ2) is 9.06. The molecule has 0 aromatic heterocycles. The Balaban J connectivity index is 1.70. The Morgan fingerprint density at radius 1 is 0.314 bits per heavy atom. The Labute approximate surface area is 206 Å². The van der Waals surface area contributed by atoms with Gasteiger partial charge in [-0.25, -0.2) is 0 Å². The van der Waals surface area contributed by atoms with Crippen molar-refractivity contribution >= 4 is 33.5 Å². The first-order chi connectivity index (χ1) is 17.4. The van der Waals surface area contributed by atoms with Crippen LogP contribution in [0.3, 0.4) is 0 Å². The predicted octanol–water partition coefficient (Wildman–Crippen LogP) is 9.81. The first kappa shape index (κ1) is 21.1. The molecule has 0 bridgehead atoms. The molecular formula is C34H26N+. The molecule has 0 atom stereocenters. The zero-order valence-corrected chi connectivity index (χ0v) is 19.5. The molecule has 0 saturated carbocycles. The summed E-state index contributed by atoms with van der Waals surface area (Å²) in [5.41, 5.74) is 7.25. The maximum absolute atomic E-state index is 2.28. The quantitative estimate of drug-likeness (QED) is 0.230. The van der Waals surface area contributed by atoms with Crippen LogP contribution in [-0.2, 0) is 0 Å². The van der Waals surface area contributed by atoms with E-state index in [1.54, 1.807) is 0 Å². The third-order valence-electron chi connectivity index (χ3n) is 6.78. The van der Waals surface area contributed by atoms with E-state index in [1.165, 1.54) is 44.6 Å². The molecule has 0 unspecified atom stereocenters.